The number of methoxy groups -OCH3 is 1. The summed E-state index contributed by atoms with van der Waals surface area (Å²) < 4.78 is 7.13. The van der Waals surface area contributed by atoms with Crippen LogP contribution in [0.25, 0.3) is 11.0 Å². The number of aromatic nitrogens is 2. The first-order valence-corrected chi connectivity index (χ1v) is 7.22. The van der Waals surface area contributed by atoms with Crippen LogP contribution in [-0.2, 0) is 6.54 Å². The third kappa shape index (κ3) is 2.99. The van der Waals surface area contributed by atoms with Crippen LogP contribution in [0.15, 0.2) is 42.7 Å². The zero-order valence-electron chi connectivity index (χ0n) is 12.3. The minimum atomic E-state index is -0.562. The number of hydroxylamine groups is 1. The summed E-state index contributed by atoms with van der Waals surface area (Å²) in [4.78, 5) is 15.9. The maximum Gasteiger partial charge on any atom is 0.274 e. The number of rotatable bonds is 4. The van der Waals surface area contributed by atoms with Crippen molar-refractivity contribution < 1.29 is 14.7 Å². The molecule has 3 aromatic rings. The van der Waals surface area contributed by atoms with Crippen LogP contribution in [0.5, 0.6) is 5.75 Å². The SMILES string of the molecule is COc1cc(Cn2cnc3ccc(C(=O)NO)cc32)ccc1Cl. The largest absolute Gasteiger partial charge is 0.495 e. The molecular formula is C16H14ClN3O3. The van der Waals surface area contributed by atoms with Gasteiger partial charge in [-0.1, -0.05) is 17.7 Å². The number of benzene rings is 2. The van der Waals surface area contributed by atoms with Crippen molar-refractivity contribution in [2.45, 2.75) is 6.54 Å². The first kappa shape index (κ1) is 15.3. The summed E-state index contributed by atoms with van der Waals surface area (Å²) >= 11 is 6.03. The lowest BCUT2D eigenvalue weighted by Crippen LogP contribution is -2.18. The second-order valence-corrected chi connectivity index (χ2v) is 5.39. The summed E-state index contributed by atoms with van der Waals surface area (Å²) in [6.07, 6.45) is 1.70. The average Bonchev–Trinajstić information content (AvgIpc) is 2.98. The van der Waals surface area contributed by atoms with Crippen molar-refractivity contribution >= 4 is 28.5 Å². The number of ether oxygens (including phenoxy) is 1. The number of imidazole rings is 1. The van der Waals surface area contributed by atoms with Gasteiger partial charge in [-0.15, -0.1) is 0 Å². The number of hydrogen-bond donors (Lipinski definition) is 2. The van der Waals surface area contributed by atoms with Gasteiger partial charge < -0.3 is 9.30 Å². The van der Waals surface area contributed by atoms with Gasteiger partial charge >= 0.3 is 0 Å². The fraction of sp³-hybridized carbons (Fsp3) is 0.125. The van der Waals surface area contributed by atoms with Gasteiger partial charge in [0, 0.05) is 12.1 Å². The van der Waals surface area contributed by atoms with Crippen LogP contribution in [0.1, 0.15) is 15.9 Å². The van der Waals surface area contributed by atoms with E-state index < -0.39 is 5.91 Å². The Balaban J connectivity index is 1.98. The van der Waals surface area contributed by atoms with Gasteiger partial charge in [-0.2, -0.15) is 0 Å². The summed E-state index contributed by atoms with van der Waals surface area (Å²) in [5.74, 6) is 0.0433. The molecule has 0 fully saturated rings. The molecule has 7 heteroatoms. The van der Waals surface area contributed by atoms with Crippen LogP contribution in [0.3, 0.4) is 0 Å². The van der Waals surface area contributed by atoms with Crippen molar-refractivity contribution in [1.29, 1.82) is 0 Å². The Kier molecular flexibility index (Phi) is 4.18. The lowest BCUT2D eigenvalue weighted by atomic mass is 10.1. The minimum absolute atomic E-state index is 0.357. The molecule has 0 aliphatic carbocycles. The second kappa shape index (κ2) is 6.28. The molecule has 118 valence electrons. The van der Waals surface area contributed by atoms with Gasteiger partial charge in [0.2, 0.25) is 0 Å². The van der Waals surface area contributed by atoms with Crippen molar-refractivity contribution in [2.75, 3.05) is 7.11 Å². The van der Waals surface area contributed by atoms with Crippen LogP contribution in [0.4, 0.5) is 0 Å². The van der Waals surface area contributed by atoms with Gasteiger partial charge in [-0.05, 0) is 35.9 Å². The standard InChI is InChI=1S/C16H14ClN3O3/c1-23-15-6-10(2-4-12(15)17)8-20-9-18-13-5-3-11(7-14(13)20)16(21)19-22/h2-7,9,22H,8H2,1H3,(H,19,21). The number of hydrogen-bond acceptors (Lipinski definition) is 4. The Labute approximate surface area is 137 Å². The molecule has 0 bridgehead atoms. The summed E-state index contributed by atoms with van der Waals surface area (Å²) in [6, 6.07) is 10.6. The normalized spacial score (nSPS) is 10.7. The molecule has 1 amide bonds. The molecular weight excluding hydrogens is 318 g/mol. The molecule has 0 radical (unpaired) electrons. The first-order chi connectivity index (χ1) is 11.1. The van der Waals surface area contributed by atoms with E-state index in [1.165, 1.54) is 0 Å². The van der Waals surface area contributed by atoms with E-state index in [-0.39, 0.29) is 0 Å². The first-order valence-electron chi connectivity index (χ1n) is 6.84. The van der Waals surface area contributed by atoms with E-state index in [4.69, 9.17) is 21.5 Å². The van der Waals surface area contributed by atoms with Gasteiger partial charge in [0.1, 0.15) is 5.75 Å². The Bertz CT molecular complexity index is 876. The summed E-state index contributed by atoms with van der Waals surface area (Å²) in [5.41, 5.74) is 4.53. The molecule has 6 nitrogen and oxygen atoms in total. The van der Waals surface area contributed by atoms with Gasteiger partial charge in [-0.3, -0.25) is 10.0 Å². The third-order valence-electron chi connectivity index (χ3n) is 3.55. The Hall–Kier alpha value is -2.57. The number of carbonyl (C=O) groups excluding carboxylic acids is 1. The zero-order valence-corrected chi connectivity index (χ0v) is 13.0. The van der Waals surface area contributed by atoms with Gasteiger partial charge in [0.05, 0.1) is 29.5 Å². The van der Waals surface area contributed by atoms with Gasteiger partial charge in [0.15, 0.2) is 0 Å². The molecule has 0 aliphatic heterocycles. The smallest absolute Gasteiger partial charge is 0.274 e. The van der Waals surface area contributed by atoms with E-state index in [0.717, 1.165) is 16.6 Å². The highest BCUT2D eigenvalue weighted by molar-refractivity contribution is 6.32. The second-order valence-electron chi connectivity index (χ2n) is 4.99. The van der Waals surface area contributed by atoms with Crippen molar-refractivity contribution in [3.05, 3.63) is 58.9 Å². The lowest BCUT2D eigenvalue weighted by molar-refractivity contribution is 0.0706. The Morgan fingerprint density at radius 1 is 1.35 bits per heavy atom. The number of fused-ring (bicyclic) bond motifs is 1. The molecule has 2 aromatic carbocycles. The van der Waals surface area contributed by atoms with Crippen LogP contribution in [0, 0.1) is 0 Å². The van der Waals surface area contributed by atoms with Crippen molar-refractivity contribution in [2.24, 2.45) is 0 Å². The van der Waals surface area contributed by atoms with E-state index >= 15 is 0 Å². The van der Waals surface area contributed by atoms with E-state index in [9.17, 15) is 4.79 Å². The number of carbonyl (C=O) groups is 1. The molecule has 0 saturated heterocycles. The molecule has 3 rings (SSSR count). The summed E-state index contributed by atoms with van der Waals surface area (Å²) in [7, 11) is 1.57. The van der Waals surface area contributed by atoms with Crippen LogP contribution >= 0.6 is 11.6 Å². The minimum Gasteiger partial charge on any atom is -0.495 e. The fourth-order valence-corrected chi connectivity index (χ4v) is 2.58. The molecule has 0 saturated carbocycles. The van der Waals surface area contributed by atoms with Gasteiger partial charge in [-0.25, -0.2) is 10.5 Å². The van der Waals surface area contributed by atoms with Gasteiger partial charge in [0.25, 0.3) is 5.91 Å². The van der Waals surface area contributed by atoms with E-state index in [1.807, 2.05) is 16.7 Å². The lowest BCUT2D eigenvalue weighted by Gasteiger charge is -2.08. The highest BCUT2D eigenvalue weighted by atomic mass is 35.5. The van der Waals surface area contributed by atoms with Crippen LogP contribution in [-0.4, -0.2) is 27.8 Å². The molecule has 0 spiro atoms. The quantitative estimate of drug-likeness (QED) is 0.569. The Morgan fingerprint density at radius 3 is 2.91 bits per heavy atom. The molecule has 1 aromatic heterocycles. The number of nitrogens with zero attached hydrogens (tertiary/aromatic N) is 2. The maximum absolute atomic E-state index is 11.5. The van der Waals surface area contributed by atoms with Crippen molar-refractivity contribution in [1.82, 2.24) is 15.0 Å². The predicted molar refractivity (Wildman–Crippen MR) is 86.1 cm³/mol. The monoisotopic (exact) mass is 331 g/mol. The molecule has 1 heterocycles. The molecule has 0 aliphatic rings. The van der Waals surface area contributed by atoms with E-state index in [0.29, 0.717) is 22.9 Å². The Morgan fingerprint density at radius 2 is 2.17 bits per heavy atom. The summed E-state index contributed by atoms with van der Waals surface area (Å²) in [5, 5.41) is 9.30. The molecule has 23 heavy (non-hydrogen) atoms. The van der Waals surface area contributed by atoms with E-state index in [1.54, 1.807) is 43.2 Å². The highest BCUT2D eigenvalue weighted by Gasteiger charge is 2.10. The van der Waals surface area contributed by atoms with E-state index in [2.05, 4.69) is 4.98 Å². The number of halogens is 1. The van der Waals surface area contributed by atoms with Crippen LogP contribution < -0.4 is 10.2 Å². The number of nitrogens with one attached hydrogen (secondary N) is 1. The third-order valence-corrected chi connectivity index (χ3v) is 3.87. The average molecular weight is 332 g/mol. The topological polar surface area (TPSA) is 76.4 Å². The molecule has 2 N–H and O–H groups in total. The summed E-state index contributed by atoms with van der Waals surface area (Å²) in [6.45, 7) is 0.550. The molecule has 0 unspecified atom stereocenters. The van der Waals surface area contributed by atoms with Crippen molar-refractivity contribution in [3.63, 3.8) is 0 Å². The number of amides is 1. The predicted octanol–water partition coefficient (Wildman–Crippen LogP) is 2.87. The van der Waals surface area contributed by atoms with Crippen molar-refractivity contribution in [3.8, 4) is 5.75 Å². The zero-order chi connectivity index (χ0) is 16.4. The fourth-order valence-electron chi connectivity index (χ4n) is 2.39. The maximum atomic E-state index is 11.5. The molecule has 0 atom stereocenters. The highest BCUT2D eigenvalue weighted by Crippen LogP contribution is 2.26. The van der Waals surface area contributed by atoms with Crippen LogP contribution in [0.2, 0.25) is 5.02 Å².